The first-order chi connectivity index (χ1) is 53.5. The Hall–Kier alpha value is -14.1. The molecule has 0 N–H and O–H groups in total. The summed E-state index contributed by atoms with van der Waals surface area (Å²) in [6.45, 7) is 0. The van der Waals surface area contributed by atoms with Crippen molar-refractivity contribution < 1.29 is 0 Å². The summed E-state index contributed by atoms with van der Waals surface area (Å²) in [5.41, 5.74) is 28.3. The van der Waals surface area contributed by atoms with E-state index in [-0.39, 0.29) is 5.92 Å². The van der Waals surface area contributed by atoms with Crippen molar-refractivity contribution in [3.63, 3.8) is 0 Å². The standard InChI is InChI=1S/C60H44N2.C45H33N/c1-5-13-45(14-6-1)48-21-23-49(24-22-48)52-29-39-56(40-30-52)61(55-19-11-4-12-20-55)57-41-31-53(32-42-57)54-33-43-60(44-34-54)62(58-35-25-50(26-36-58)46-15-7-2-8-16-46)59-37-27-51(28-38-59)47-17-9-3-10-18-47;1-3-13-37(14-4-1)45(41-24-21-33-11-7-9-15-39(33)31-41)38-22-19-35(20-23-38)36-25-28-43(29-26-36)46(42-17-5-2-6-18-42)44-30-27-34-12-8-10-16-40(34)32-44/h1-44H;1-32,45H. The third kappa shape index (κ3) is 14.9. The highest BCUT2D eigenvalue weighted by Crippen LogP contribution is 2.43. The van der Waals surface area contributed by atoms with Crippen molar-refractivity contribution >= 4 is 72.7 Å². The molecule has 18 aromatic rings. The highest BCUT2D eigenvalue weighted by atomic mass is 15.2. The van der Waals surface area contributed by atoms with Gasteiger partial charge in [-0.3, -0.25) is 0 Å². The highest BCUT2D eigenvalue weighted by molar-refractivity contribution is 5.91. The second kappa shape index (κ2) is 31.5. The molecule has 3 nitrogen and oxygen atoms in total. The second-order valence-corrected chi connectivity index (χ2v) is 27.2. The smallest absolute Gasteiger partial charge is 0.0468 e. The van der Waals surface area contributed by atoms with Crippen molar-refractivity contribution in [3.05, 3.63) is 478 Å². The number of anilines is 9. The van der Waals surface area contributed by atoms with Gasteiger partial charge in [-0.25, -0.2) is 0 Å². The van der Waals surface area contributed by atoms with Crippen LogP contribution in [0.2, 0.25) is 0 Å². The number of hydrogen-bond donors (Lipinski definition) is 0. The molecule has 0 aliphatic heterocycles. The van der Waals surface area contributed by atoms with Crippen LogP contribution in [0.15, 0.2) is 461 Å². The van der Waals surface area contributed by atoms with E-state index in [1.807, 2.05) is 0 Å². The molecule has 0 saturated heterocycles. The van der Waals surface area contributed by atoms with Gasteiger partial charge in [0.2, 0.25) is 0 Å². The van der Waals surface area contributed by atoms with Crippen molar-refractivity contribution in [1.29, 1.82) is 0 Å². The SMILES string of the molecule is c1ccc(-c2ccc(-c3ccc(N(c4ccccc4)c4ccc(-c5ccc(N(c6ccc(-c7ccccc7)cc6)c6ccc(-c7ccccc7)cc6)cc5)cc4)cc3)cc2)cc1.c1ccc(C(c2ccc(-c3ccc(N(c4ccccc4)c4ccc5ccccc5c4)cc3)cc2)c2ccc3ccccc3c2)cc1. The number of fused-ring (bicyclic) bond motifs is 2. The van der Waals surface area contributed by atoms with Crippen molar-refractivity contribution in [1.82, 2.24) is 0 Å². The lowest BCUT2D eigenvalue weighted by molar-refractivity contribution is 0.980. The van der Waals surface area contributed by atoms with Crippen molar-refractivity contribution in [3.8, 4) is 66.8 Å². The molecular weight excluding hydrogens is 1300 g/mol. The van der Waals surface area contributed by atoms with Crippen LogP contribution >= 0.6 is 0 Å². The maximum Gasteiger partial charge on any atom is 0.0468 e. The Labute approximate surface area is 633 Å². The predicted molar refractivity (Wildman–Crippen MR) is 458 cm³/mol. The monoisotopic (exact) mass is 1380 g/mol. The molecule has 0 radical (unpaired) electrons. The van der Waals surface area contributed by atoms with Crippen LogP contribution in [0.1, 0.15) is 22.6 Å². The molecule has 0 fully saturated rings. The van der Waals surface area contributed by atoms with Crippen LogP contribution < -0.4 is 14.7 Å². The average molecular weight is 1380 g/mol. The minimum Gasteiger partial charge on any atom is -0.311 e. The minimum atomic E-state index is 0.156. The molecule has 0 spiro atoms. The van der Waals surface area contributed by atoms with Gasteiger partial charge in [0.05, 0.1) is 0 Å². The van der Waals surface area contributed by atoms with Gasteiger partial charge >= 0.3 is 0 Å². The summed E-state index contributed by atoms with van der Waals surface area (Å²) in [5, 5.41) is 5.01. The molecule has 0 aliphatic rings. The molecule has 0 aliphatic carbocycles. The van der Waals surface area contributed by atoms with E-state index < -0.39 is 0 Å². The van der Waals surface area contributed by atoms with E-state index in [4.69, 9.17) is 0 Å². The van der Waals surface area contributed by atoms with E-state index in [9.17, 15) is 0 Å². The molecule has 18 rings (SSSR count). The zero-order valence-electron chi connectivity index (χ0n) is 59.8. The summed E-state index contributed by atoms with van der Waals surface area (Å²) in [4.78, 5) is 6.98. The Bertz CT molecular complexity index is 5700. The summed E-state index contributed by atoms with van der Waals surface area (Å²) in [6.07, 6.45) is 0. The largest absolute Gasteiger partial charge is 0.311 e. The molecule has 0 amide bonds. The van der Waals surface area contributed by atoms with Gasteiger partial charge in [0, 0.05) is 57.1 Å². The van der Waals surface area contributed by atoms with Gasteiger partial charge in [-0.15, -0.1) is 0 Å². The van der Waals surface area contributed by atoms with Crippen LogP contribution in [0, 0.1) is 0 Å². The van der Waals surface area contributed by atoms with Gasteiger partial charge in [-0.05, 0) is 214 Å². The van der Waals surface area contributed by atoms with E-state index in [0.717, 1.165) is 62.3 Å². The molecule has 0 aromatic heterocycles. The van der Waals surface area contributed by atoms with Crippen LogP contribution in [0.25, 0.3) is 88.3 Å². The normalized spacial score (nSPS) is 11.3. The van der Waals surface area contributed by atoms with Crippen molar-refractivity contribution in [2.24, 2.45) is 0 Å². The number of para-hydroxylation sites is 2. The highest BCUT2D eigenvalue weighted by Gasteiger charge is 2.21. The van der Waals surface area contributed by atoms with Gasteiger partial charge < -0.3 is 14.7 Å². The van der Waals surface area contributed by atoms with Gasteiger partial charge in [-0.2, -0.15) is 0 Å². The van der Waals surface area contributed by atoms with Crippen molar-refractivity contribution in [2.75, 3.05) is 14.7 Å². The van der Waals surface area contributed by atoms with Crippen LogP contribution in [0.3, 0.4) is 0 Å². The molecule has 108 heavy (non-hydrogen) atoms. The molecular formula is C105H77N3. The Morgan fingerprint density at radius 2 is 0.315 bits per heavy atom. The molecule has 0 bridgehead atoms. The van der Waals surface area contributed by atoms with Crippen LogP contribution in [-0.2, 0) is 0 Å². The van der Waals surface area contributed by atoms with E-state index in [0.29, 0.717) is 0 Å². The average Bonchev–Trinajstić information content (AvgIpc) is 0.801. The fourth-order valence-corrected chi connectivity index (χ4v) is 14.9. The topological polar surface area (TPSA) is 9.72 Å². The van der Waals surface area contributed by atoms with E-state index in [1.54, 1.807) is 0 Å². The molecule has 3 heteroatoms. The zero-order valence-corrected chi connectivity index (χ0v) is 59.8. The lowest BCUT2D eigenvalue weighted by Gasteiger charge is -2.26. The Morgan fingerprint density at radius 3 is 0.639 bits per heavy atom. The molecule has 1 atom stereocenters. The van der Waals surface area contributed by atoms with Gasteiger partial charge in [-0.1, -0.05) is 352 Å². The fraction of sp³-hybridized carbons (Fsp3) is 0.00952. The molecule has 512 valence electrons. The Kier molecular flexibility index (Phi) is 19.5. The number of benzene rings is 18. The molecule has 18 aromatic carbocycles. The molecule has 0 saturated carbocycles. The fourth-order valence-electron chi connectivity index (χ4n) is 14.9. The summed E-state index contributed by atoms with van der Waals surface area (Å²) in [6, 6.07) is 166. The van der Waals surface area contributed by atoms with E-state index in [2.05, 4.69) is 476 Å². The maximum atomic E-state index is 2.34. The third-order valence-electron chi connectivity index (χ3n) is 20.5. The molecule has 0 heterocycles. The summed E-state index contributed by atoms with van der Waals surface area (Å²) < 4.78 is 0. The zero-order chi connectivity index (χ0) is 72.2. The van der Waals surface area contributed by atoms with Crippen LogP contribution in [-0.4, -0.2) is 0 Å². The number of nitrogens with zero attached hydrogens (tertiary/aromatic N) is 3. The predicted octanol–water partition coefficient (Wildman–Crippen LogP) is 29.3. The third-order valence-corrected chi connectivity index (χ3v) is 20.5. The first-order valence-corrected chi connectivity index (χ1v) is 37.0. The van der Waals surface area contributed by atoms with Gasteiger partial charge in [0.25, 0.3) is 0 Å². The number of hydrogen-bond acceptors (Lipinski definition) is 3. The molecule has 1 unspecified atom stereocenters. The lowest BCUT2D eigenvalue weighted by atomic mass is 9.84. The summed E-state index contributed by atoms with van der Waals surface area (Å²) >= 11 is 0. The van der Waals surface area contributed by atoms with Crippen LogP contribution in [0.4, 0.5) is 51.2 Å². The summed E-state index contributed by atoms with van der Waals surface area (Å²) in [5.74, 6) is 0.156. The first kappa shape index (κ1) is 67.1. The Morgan fingerprint density at radius 1 is 0.120 bits per heavy atom. The van der Waals surface area contributed by atoms with Gasteiger partial charge in [0.1, 0.15) is 0 Å². The maximum absolute atomic E-state index is 2.34. The quantitative estimate of drug-likeness (QED) is 0.0793. The van der Waals surface area contributed by atoms with E-state index >= 15 is 0 Å². The summed E-state index contributed by atoms with van der Waals surface area (Å²) in [7, 11) is 0. The Balaban J connectivity index is 0.000000165. The van der Waals surface area contributed by atoms with Gasteiger partial charge in [0.15, 0.2) is 0 Å². The van der Waals surface area contributed by atoms with Crippen LogP contribution in [0.5, 0.6) is 0 Å². The lowest BCUT2D eigenvalue weighted by Crippen LogP contribution is -2.10. The first-order valence-electron chi connectivity index (χ1n) is 37.0. The second-order valence-electron chi connectivity index (χ2n) is 27.2. The van der Waals surface area contributed by atoms with E-state index in [1.165, 1.54) is 93.9 Å². The van der Waals surface area contributed by atoms with Crippen molar-refractivity contribution in [2.45, 2.75) is 5.92 Å². The number of rotatable bonds is 18. The minimum absolute atomic E-state index is 0.156.